The zero-order chi connectivity index (χ0) is 23.6. The quantitative estimate of drug-likeness (QED) is 0.491. The van der Waals surface area contributed by atoms with Gasteiger partial charge in [0.1, 0.15) is 11.6 Å². The minimum Gasteiger partial charge on any atom is -0.493 e. The van der Waals surface area contributed by atoms with Gasteiger partial charge in [-0.1, -0.05) is 6.07 Å². The average Bonchev–Trinajstić information content (AvgIpc) is 3.08. The topological polar surface area (TPSA) is 104 Å². The fraction of sp³-hybridized carbons (Fsp3) is 0.150. The summed E-state index contributed by atoms with van der Waals surface area (Å²) in [5, 5.41) is 25.0. The van der Waals surface area contributed by atoms with E-state index in [0.29, 0.717) is 18.2 Å². The molecule has 32 heavy (non-hydrogen) atoms. The smallest absolute Gasteiger partial charge is 0.416 e. The number of nitrogens with one attached hydrogen (secondary N) is 1. The van der Waals surface area contributed by atoms with Crippen LogP contribution in [0.4, 0.5) is 22.0 Å². The molecule has 12 heteroatoms. The highest BCUT2D eigenvalue weighted by atomic mass is 19.4. The molecule has 0 saturated heterocycles. The number of aliphatic carboxylic acids is 1. The third-order valence-electron chi connectivity index (χ3n) is 4.35. The molecule has 0 spiro atoms. The molecule has 1 atom stereocenters. The zero-order valence-electron chi connectivity index (χ0n) is 15.9. The zero-order valence-corrected chi connectivity index (χ0v) is 15.9. The van der Waals surface area contributed by atoms with Gasteiger partial charge in [0.2, 0.25) is 5.88 Å². The van der Waals surface area contributed by atoms with Crippen molar-refractivity contribution < 1.29 is 41.8 Å². The summed E-state index contributed by atoms with van der Waals surface area (Å²) in [5.74, 6) is -5.00. The molecular formula is C20H14F5N3O4. The minimum atomic E-state index is -4.94. The van der Waals surface area contributed by atoms with E-state index in [9.17, 15) is 36.6 Å². The number of nitrogens with zero attached hydrogens (tertiary/aromatic N) is 2. The standard InChI is InChI=1S/C20H14F5N3O4/c21-10-2-1-3-12(6-10)28-17(29)8-16(27-28)19(32)26-15(9-18(30)31)13-7-11(22)4-5-14(13)20(23,24)25/h1-8,15,29H,9H2,(H,26,32)(H,30,31). The van der Waals surface area contributed by atoms with Crippen LogP contribution in [0.25, 0.3) is 5.69 Å². The van der Waals surface area contributed by atoms with Crippen molar-refractivity contribution in [3.05, 3.63) is 77.0 Å². The molecule has 0 radical (unpaired) electrons. The van der Waals surface area contributed by atoms with Crippen molar-refractivity contribution in [3.8, 4) is 11.6 Å². The highest BCUT2D eigenvalue weighted by Crippen LogP contribution is 2.36. The number of alkyl halides is 3. The Bertz CT molecular complexity index is 1180. The summed E-state index contributed by atoms with van der Waals surface area (Å²) in [7, 11) is 0. The van der Waals surface area contributed by atoms with Crippen LogP contribution in [0.15, 0.2) is 48.5 Å². The Balaban J connectivity index is 1.96. The summed E-state index contributed by atoms with van der Waals surface area (Å²) in [4.78, 5) is 23.8. The number of carboxylic acid groups (broad SMARTS) is 1. The summed E-state index contributed by atoms with van der Waals surface area (Å²) in [6.07, 6.45) is -5.93. The van der Waals surface area contributed by atoms with E-state index in [-0.39, 0.29) is 5.69 Å². The lowest BCUT2D eigenvalue weighted by atomic mass is 9.97. The summed E-state index contributed by atoms with van der Waals surface area (Å²) in [6, 6.07) is 5.39. The van der Waals surface area contributed by atoms with Gasteiger partial charge >= 0.3 is 12.1 Å². The molecule has 1 unspecified atom stereocenters. The summed E-state index contributed by atoms with van der Waals surface area (Å²) in [5.41, 5.74) is -2.55. The van der Waals surface area contributed by atoms with Crippen LogP contribution in [0.5, 0.6) is 5.88 Å². The fourth-order valence-corrected chi connectivity index (χ4v) is 3.01. The maximum absolute atomic E-state index is 13.7. The van der Waals surface area contributed by atoms with Gasteiger partial charge < -0.3 is 15.5 Å². The van der Waals surface area contributed by atoms with E-state index in [4.69, 9.17) is 5.11 Å². The molecule has 168 valence electrons. The van der Waals surface area contributed by atoms with Gasteiger partial charge in [-0.15, -0.1) is 0 Å². The van der Waals surface area contributed by atoms with E-state index in [1.807, 2.05) is 0 Å². The first-order chi connectivity index (χ1) is 15.0. The summed E-state index contributed by atoms with van der Waals surface area (Å²) < 4.78 is 67.9. The van der Waals surface area contributed by atoms with Gasteiger partial charge in [-0.3, -0.25) is 9.59 Å². The Hall–Kier alpha value is -3.96. The van der Waals surface area contributed by atoms with Gasteiger partial charge in [-0.2, -0.15) is 18.3 Å². The van der Waals surface area contributed by atoms with Crippen molar-refractivity contribution in [2.45, 2.75) is 18.6 Å². The molecule has 0 saturated carbocycles. The van der Waals surface area contributed by atoms with Crippen molar-refractivity contribution >= 4 is 11.9 Å². The van der Waals surface area contributed by atoms with Gasteiger partial charge in [-0.05, 0) is 42.0 Å². The second-order valence-electron chi connectivity index (χ2n) is 6.63. The van der Waals surface area contributed by atoms with Crippen molar-refractivity contribution in [1.82, 2.24) is 15.1 Å². The first-order valence-corrected chi connectivity index (χ1v) is 8.90. The average molecular weight is 455 g/mol. The largest absolute Gasteiger partial charge is 0.493 e. The number of aromatic nitrogens is 2. The second-order valence-corrected chi connectivity index (χ2v) is 6.63. The number of carboxylic acids is 1. The molecule has 0 aliphatic carbocycles. The van der Waals surface area contributed by atoms with E-state index < -0.39 is 64.9 Å². The molecule has 1 amide bonds. The van der Waals surface area contributed by atoms with Crippen LogP contribution in [-0.4, -0.2) is 31.9 Å². The lowest BCUT2D eigenvalue weighted by molar-refractivity contribution is -0.140. The molecule has 0 bridgehead atoms. The molecule has 0 aliphatic heterocycles. The van der Waals surface area contributed by atoms with E-state index in [1.54, 1.807) is 0 Å². The maximum atomic E-state index is 13.7. The first kappa shape index (κ1) is 22.7. The Morgan fingerprint density at radius 3 is 2.38 bits per heavy atom. The Labute approximate surface area is 176 Å². The molecule has 3 N–H and O–H groups in total. The van der Waals surface area contributed by atoms with E-state index in [2.05, 4.69) is 10.4 Å². The number of hydrogen-bond acceptors (Lipinski definition) is 4. The number of halogens is 5. The molecule has 3 aromatic rings. The number of aromatic hydroxyl groups is 1. The number of hydrogen-bond donors (Lipinski definition) is 3. The first-order valence-electron chi connectivity index (χ1n) is 8.90. The normalized spacial score (nSPS) is 12.4. The van der Waals surface area contributed by atoms with Crippen LogP contribution in [-0.2, 0) is 11.0 Å². The molecule has 1 aromatic heterocycles. The van der Waals surface area contributed by atoms with Crippen LogP contribution in [0.2, 0.25) is 0 Å². The van der Waals surface area contributed by atoms with Crippen molar-refractivity contribution in [2.24, 2.45) is 0 Å². The number of carbonyl (C=O) groups excluding carboxylic acids is 1. The Morgan fingerprint density at radius 1 is 1.06 bits per heavy atom. The van der Waals surface area contributed by atoms with E-state index in [0.717, 1.165) is 22.9 Å². The van der Waals surface area contributed by atoms with Gasteiger partial charge in [0.05, 0.1) is 23.7 Å². The van der Waals surface area contributed by atoms with Crippen molar-refractivity contribution in [1.29, 1.82) is 0 Å². The van der Waals surface area contributed by atoms with Crippen molar-refractivity contribution in [2.75, 3.05) is 0 Å². The number of benzene rings is 2. The Kier molecular flexibility index (Phi) is 6.14. The predicted octanol–water partition coefficient (Wildman–Crippen LogP) is 3.82. The summed E-state index contributed by atoms with van der Waals surface area (Å²) in [6.45, 7) is 0. The molecular weight excluding hydrogens is 441 g/mol. The lowest BCUT2D eigenvalue weighted by Crippen LogP contribution is -2.32. The molecule has 0 fully saturated rings. The second kappa shape index (κ2) is 8.65. The van der Waals surface area contributed by atoms with Crippen molar-refractivity contribution in [3.63, 3.8) is 0 Å². The third-order valence-corrected chi connectivity index (χ3v) is 4.35. The predicted molar refractivity (Wildman–Crippen MR) is 99.0 cm³/mol. The molecule has 7 nitrogen and oxygen atoms in total. The highest BCUT2D eigenvalue weighted by Gasteiger charge is 2.36. The number of carbonyl (C=O) groups is 2. The van der Waals surface area contributed by atoms with Crippen LogP contribution in [0, 0.1) is 11.6 Å². The molecule has 1 heterocycles. The van der Waals surface area contributed by atoms with Gasteiger partial charge in [-0.25, -0.2) is 13.5 Å². The Morgan fingerprint density at radius 2 is 1.75 bits per heavy atom. The van der Waals surface area contributed by atoms with Gasteiger partial charge in [0.25, 0.3) is 5.91 Å². The fourth-order valence-electron chi connectivity index (χ4n) is 3.01. The SMILES string of the molecule is O=C(O)CC(NC(=O)c1cc(O)n(-c2cccc(F)c2)n1)c1cc(F)ccc1C(F)(F)F. The third kappa shape index (κ3) is 5.02. The van der Waals surface area contributed by atoms with Crippen LogP contribution >= 0.6 is 0 Å². The van der Waals surface area contributed by atoms with Crippen LogP contribution < -0.4 is 5.32 Å². The minimum absolute atomic E-state index is 0.0492. The molecule has 0 aliphatic rings. The van der Waals surface area contributed by atoms with Crippen LogP contribution in [0.1, 0.15) is 34.1 Å². The monoisotopic (exact) mass is 455 g/mol. The lowest BCUT2D eigenvalue weighted by Gasteiger charge is -2.21. The number of amides is 1. The maximum Gasteiger partial charge on any atom is 0.416 e. The molecule has 3 rings (SSSR count). The summed E-state index contributed by atoms with van der Waals surface area (Å²) >= 11 is 0. The van der Waals surface area contributed by atoms with Gasteiger partial charge in [0.15, 0.2) is 5.69 Å². The number of rotatable bonds is 6. The molecule has 2 aromatic carbocycles. The van der Waals surface area contributed by atoms with Crippen LogP contribution in [0.3, 0.4) is 0 Å². The van der Waals surface area contributed by atoms with Gasteiger partial charge in [0, 0.05) is 6.07 Å². The van der Waals surface area contributed by atoms with E-state index >= 15 is 0 Å². The van der Waals surface area contributed by atoms with E-state index in [1.165, 1.54) is 12.1 Å². The highest BCUT2D eigenvalue weighted by molar-refractivity contribution is 5.93.